The van der Waals surface area contributed by atoms with Crippen molar-refractivity contribution >= 4 is 11.8 Å². The second-order valence-corrected chi connectivity index (χ2v) is 3.24. The molecule has 0 heterocycles. The zero-order valence-electron chi connectivity index (χ0n) is 8.15. The number of aliphatic carboxylic acids is 1. The van der Waals surface area contributed by atoms with Crippen LogP contribution in [0, 0.1) is 0 Å². The highest BCUT2D eigenvalue weighted by Crippen LogP contribution is 2.16. The molecule has 0 saturated heterocycles. The Bertz CT molecular complexity index is 369. The molecule has 0 radical (unpaired) electrons. The van der Waals surface area contributed by atoms with Gasteiger partial charge in [-0.25, -0.2) is 0 Å². The van der Waals surface area contributed by atoms with E-state index in [1.807, 2.05) is 0 Å². The third-order valence-electron chi connectivity index (χ3n) is 2.16. The van der Waals surface area contributed by atoms with Crippen molar-refractivity contribution in [1.29, 1.82) is 0 Å². The average molecular weight is 192 g/mol. The molecular formula is C11H12O3. The van der Waals surface area contributed by atoms with Gasteiger partial charge >= 0.3 is 5.97 Å². The van der Waals surface area contributed by atoms with Crippen molar-refractivity contribution in [1.82, 2.24) is 0 Å². The summed E-state index contributed by atoms with van der Waals surface area (Å²) in [7, 11) is 0. The van der Waals surface area contributed by atoms with Gasteiger partial charge in [0.05, 0.1) is 5.92 Å². The smallest absolute Gasteiger partial charge is 0.310 e. The molecular weight excluding hydrogens is 180 g/mol. The quantitative estimate of drug-likeness (QED) is 0.746. The summed E-state index contributed by atoms with van der Waals surface area (Å²) in [6.45, 7) is 3.06. The Hall–Kier alpha value is -1.64. The minimum absolute atomic E-state index is 0.0514. The van der Waals surface area contributed by atoms with Crippen molar-refractivity contribution in [2.24, 2.45) is 0 Å². The molecule has 1 aromatic rings. The van der Waals surface area contributed by atoms with Crippen LogP contribution in [0.4, 0.5) is 0 Å². The number of hydrogen-bond donors (Lipinski definition) is 1. The fraction of sp³-hybridized carbons (Fsp3) is 0.273. The van der Waals surface area contributed by atoms with Crippen LogP contribution in [-0.4, -0.2) is 16.9 Å². The Morgan fingerprint density at radius 2 is 2.00 bits per heavy atom. The number of Topliss-reactive ketones (excluding diaryl/α,β-unsaturated/α-hetero) is 1. The van der Waals surface area contributed by atoms with E-state index in [1.165, 1.54) is 6.92 Å². The SMILES string of the molecule is CC(=O)c1cccc([C@@H](C)C(=O)O)c1. The highest BCUT2D eigenvalue weighted by atomic mass is 16.4. The number of hydrogen-bond acceptors (Lipinski definition) is 2. The van der Waals surface area contributed by atoms with E-state index < -0.39 is 11.9 Å². The molecule has 0 aromatic heterocycles. The Kier molecular flexibility index (Phi) is 3.02. The number of ketones is 1. The number of rotatable bonds is 3. The van der Waals surface area contributed by atoms with E-state index in [1.54, 1.807) is 31.2 Å². The molecule has 74 valence electrons. The first-order valence-corrected chi connectivity index (χ1v) is 4.36. The van der Waals surface area contributed by atoms with Gasteiger partial charge in [0.2, 0.25) is 0 Å². The Morgan fingerprint density at radius 3 is 2.50 bits per heavy atom. The molecule has 0 aliphatic rings. The highest BCUT2D eigenvalue weighted by Gasteiger charge is 2.14. The van der Waals surface area contributed by atoms with Gasteiger partial charge in [-0.05, 0) is 25.5 Å². The summed E-state index contributed by atoms with van der Waals surface area (Å²) in [6, 6.07) is 6.72. The molecule has 0 bridgehead atoms. The first-order chi connectivity index (χ1) is 6.52. The lowest BCUT2D eigenvalue weighted by atomic mass is 9.98. The zero-order valence-corrected chi connectivity index (χ0v) is 8.15. The van der Waals surface area contributed by atoms with Crippen LogP contribution in [0.1, 0.15) is 35.7 Å². The first kappa shape index (κ1) is 10.4. The van der Waals surface area contributed by atoms with Crippen LogP contribution >= 0.6 is 0 Å². The maximum atomic E-state index is 11.0. The molecule has 0 aliphatic heterocycles. The third-order valence-corrected chi connectivity index (χ3v) is 2.16. The van der Waals surface area contributed by atoms with Gasteiger partial charge in [0.1, 0.15) is 0 Å². The van der Waals surface area contributed by atoms with Crippen molar-refractivity contribution in [3.8, 4) is 0 Å². The lowest BCUT2D eigenvalue weighted by molar-refractivity contribution is -0.138. The van der Waals surface area contributed by atoms with Gasteiger partial charge in [-0.1, -0.05) is 18.2 Å². The minimum atomic E-state index is -0.884. The van der Waals surface area contributed by atoms with Gasteiger partial charge in [-0.2, -0.15) is 0 Å². The van der Waals surface area contributed by atoms with E-state index in [0.717, 1.165) is 0 Å². The van der Waals surface area contributed by atoms with Crippen LogP contribution in [0.25, 0.3) is 0 Å². The largest absolute Gasteiger partial charge is 0.481 e. The second kappa shape index (κ2) is 4.05. The van der Waals surface area contributed by atoms with Crippen LogP contribution in [0.15, 0.2) is 24.3 Å². The van der Waals surface area contributed by atoms with Gasteiger partial charge in [-0.15, -0.1) is 0 Å². The summed E-state index contributed by atoms with van der Waals surface area (Å²) in [4.78, 5) is 21.7. The molecule has 1 aromatic carbocycles. The Balaban J connectivity index is 3.05. The van der Waals surface area contributed by atoms with Crippen LogP contribution in [-0.2, 0) is 4.79 Å². The number of carboxylic acid groups (broad SMARTS) is 1. The first-order valence-electron chi connectivity index (χ1n) is 4.36. The molecule has 0 aliphatic carbocycles. The standard InChI is InChI=1S/C11H12O3/c1-7(11(13)14)9-4-3-5-10(6-9)8(2)12/h3-7H,1-2H3,(H,13,14)/t7-/m1/s1. The average Bonchev–Trinajstić information content (AvgIpc) is 2.16. The van der Waals surface area contributed by atoms with Gasteiger partial charge in [0.15, 0.2) is 5.78 Å². The molecule has 14 heavy (non-hydrogen) atoms. The topological polar surface area (TPSA) is 54.4 Å². The fourth-order valence-electron chi connectivity index (χ4n) is 1.17. The molecule has 3 nitrogen and oxygen atoms in total. The third kappa shape index (κ3) is 2.19. The van der Waals surface area contributed by atoms with Crippen LogP contribution in [0.3, 0.4) is 0 Å². The van der Waals surface area contributed by atoms with Gasteiger partial charge < -0.3 is 5.11 Å². The van der Waals surface area contributed by atoms with Gasteiger partial charge in [-0.3, -0.25) is 9.59 Å². The maximum absolute atomic E-state index is 11.0. The van der Waals surface area contributed by atoms with Gasteiger partial charge in [0, 0.05) is 5.56 Å². The molecule has 0 fully saturated rings. The van der Waals surface area contributed by atoms with Crippen molar-refractivity contribution < 1.29 is 14.7 Å². The minimum Gasteiger partial charge on any atom is -0.481 e. The van der Waals surface area contributed by atoms with Crippen molar-refractivity contribution in [2.45, 2.75) is 19.8 Å². The molecule has 0 saturated carbocycles. The zero-order chi connectivity index (χ0) is 10.7. The molecule has 0 amide bonds. The van der Waals surface area contributed by atoms with E-state index in [9.17, 15) is 9.59 Å². The van der Waals surface area contributed by atoms with Crippen molar-refractivity contribution in [3.63, 3.8) is 0 Å². The van der Waals surface area contributed by atoms with E-state index >= 15 is 0 Å². The second-order valence-electron chi connectivity index (χ2n) is 3.24. The summed E-state index contributed by atoms with van der Waals surface area (Å²) < 4.78 is 0. The predicted molar refractivity (Wildman–Crippen MR) is 52.5 cm³/mol. The van der Waals surface area contributed by atoms with Crippen molar-refractivity contribution in [2.75, 3.05) is 0 Å². The number of carbonyl (C=O) groups excluding carboxylic acids is 1. The van der Waals surface area contributed by atoms with Crippen LogP contribution in [0.2, 0.25) is 0 Å². The van der Waals surface area contributed by atoms with E-state index in [0.29, 0.717) is 11.1 Å². The number of carbonyl (C=O) groups is 2. The van der Waals surface area contributed by atoms with Crippen LogP contribution < -0.4 is 0 Å². The van der Waals surface area contributed by atoms with E-state index in [-0.39, 0.29) is 5.78 Å². The predicted octanol–water partition coefficient (Wildman–Crippen LogP) is 2.08. The number of benzene rings is 1. The molecule has 1 N–H and O–H groups in total. The lowest BCUT2D eigenvalue weighted by Gasteiger charge is -2.07. The summed E-state index contributed by atoms with van der Waals surface area (Å²) in [5.41, 5.74) is 1.21. The molecule has 1 atom stereocenters. The van der Waals surface area contributed by atoms with Crippen LogP contribution in [0.5, 0.6) is 0 Å². The van der Waals surface area contributed by atoms with Gasteiger partial charge in [0.25, 0.3) is 0 Å². The van der Waals surface area contributed by atoms with E-state index in [4.69, 9.17) is 5.11 Å². The lowest BCUT2D eigenvalue weighted by Crippen LogP contribution is -2.08. The molecule has 0 unspecified atom stereocenters. The fourth-order valence-corrected chi connectivity index (χ4v) is 1.17. The van der Waals surface area contributed by atoms with Crippen molar-refractivity contribution in [3.05, 3.63) is 35.4 Å². The van der Waals surface area contributed by atoms with E-state index in [2.05, 4.69) is 0 Å². The summed E-state index contributed by atoms with van der Waals surface area (Å²) in [6.07, 6.45) is 0. The Labute approximate surface area is 82.4 Å². The summed E-state index contributed by atoms with van der Waals surface area (Å²) in [5.74, 6) is -1.51. The summed E-state index contributed by atoms with van der Waals surface area (Å²) >= 11 is 0. The Morgan fingerprint density at radius 1 is 1.36 bits per heavy atom. The maximum Gasteiger partial charge on any atom is 0.310 e. The highest BCUT2D eigenvalue weighted by molar-refractivity contribution is 5.94. The normalized spacial score (nSPS) is 12.1. The number of carboxylic acids is 1. The molecule has 0 spiro atoms. The monoisotopic (exact) mass is 192 g/mol. The molecule has 1 rings (SSSR count). The summed E-state index contributed by atoms with van der Waals surface area (Å²) in [5, 5.41) is 8.78. The molecule has 3 heteroatoms.